The molecule has 18 heavy (non-hydrogen) atoms. The molecule has 0 aliphatic rings. The number of hydrogen-bond donors (Lipinski definition) is 2. The van der Waals surface area contributed by atoms with E-state index in [0.717, 1.165) is 12.1 Å². The molecule has 5 nitrogen and oxygen atoms in total. The maximum absolute atomic E-state index is 13.1. The number of benzene rings is 1. The molecular weight excluding hydrogens is 235 g/mol. The van der Waals surface area contributed by atoms with Gasteiger partial charge in [-0.1, -0.05) is 0 Å². The quantitative estimate of drug-likeness (QED) is 0.795. The third-order valence-corrected chi connectivity index (χ3v) is 2.26. The van der Waals surface area contributed by atoms with E-state index in [1.54, 1.807) is 12.3 Å². The van der Waals surface area contributed by atoms with E-state index in [-0.39, 0.29) is 17.8 Å². The van der Waals surface area contributed by atoms with E-state index in [2.05, 4.69) is 15.3 Å². The number of carbonyl (C=O) groups excluding carboxylic acids is 1. The smallest absolute Gasteiger partial charge is 0.251 e. The summed E-state index contributed by atoms with van der Waals surface area (Å²) in [6, 6.07) is 5.38. The van der Waals surface area contributed by atoms with Gasteiger partial charge in [0, 0.05) is 17.4 Å². The van der Waals surface area contributed by atoms with E-state index in [9.17, 15) is 9.18 Å². The minimum absolute atomic E-state index is 0.182. The molecule has 0 aliphatic carbocycles. The molecule has 2 aromatic rings. The van der Waals surface area contributed by atoms with Crippen molar-refractivity contribution < 1.29 is 9.18 Å². The number of rotatable bonds is 3. The molecule has 1 amide bonds. The SMILES string of the molecule is Nc1cc(F)cc(C(=O)NCc2ccncn2)c1. The van der Waals surface area contributed by atoms with Crippen LogP contribution in [-0.2, 0) is 6.54 Å². The first-order chi connectivity index (χ1) is 8.65. The number of anilines is 1. The molecule has 92 valence electrons. The summed E-state index contributed by atoms with van der Waals surface area (Å²) in [5.41, 5.74) is 6.53. The highest BCUT2D eigenvalue weighted by Crippen LogP contribution is 2.10. The predicted octanol–water partition coefficient (Wildman–Crippen LogP) is 1.13. The van der Waals surface area contributed by atoms with E-state index in [0.29, 0.717) is 5.69 Å². The van der Waals surface area contributed by atoms with E-state index >= 15 is 0 Å². The number of nitrogens with zero attached hydrogens (tertiary/aromatic N) is 2. The van der Waals surface area contributed by atoms with Crippen molar-refractivity contribution in [3.63, 3.8) is 0 Å². The summed E-state index contributed by atoms with van der Waals surface area (Å²) in [6.07, 6.45) is 2.97. The number of halogens is 1. The van der Waals surface area contributed by atoms with Crippen LogP contribution in [-0.4, -0.2) is 15.9 Å². The second-order valence-corrected chi connectivity index (χ2v) is 3.66. The van der Waals surface area contributed by atoms with E-state index in [4.69, 9.17) is 5.73 Å². The standard InChI is InChI=1S/C12H11FN4O/c13-9-3-8(4-10(14)5-9)12(18)16-6-11-1-2-15-7-17-11/h1-5,7H,6,14H2,(H,16,18). The van der Waals surface area contributed by atoms with Crippen LogP contribution in [0.25, 0.3) is 0 Å². The molecule has 3 N–H and O–H groups in total. The zero-order valence-electron chi connectivity index (χ0n) is 9.43. The Balaban J connectivity index is 2.04. The number of amides is 1. The van der Waals surface area contributed by atoms with Crippen molar-refractivity contribution in [3.05, 3.63) is 53.9 Å². The number of nitrogens with two attached hydrogens (primary N) is 1. The van der Waals surface area contributed by atoms with Crippen LogP contribution in [0.15, 0.2) is 36.8 Å². The molecule has 1 heterocycles. The predicted molar refractivity (Wildman–Crippen MR) is 64.0 cm³/mol. The Labute approximate surface area is 103 Å². The molecule has 0 fully saturated rings. The van der Waals surface area contributed by atoms with Crippen molar-refractivity contribution in [1.82, 2.24) is 15.3 Å². The second kappa shape index (κ2) is 5.22. The molecule has 0 saturated carbocycles. The van der Waals surface area contributed by atoms with Crippen LogP contribution >= 0.6 is 0 Å². The van der Waals surface area contributed by atoms with E-state index in [1.165, 1.54) is 12.4 Å². The van der Waals surface area contributed by atoms with Gasteiger partial charge in [-0.05, 0) is 24.3 Å². The molecule has 0 unspecified atom stereocenters. The lowest BCUT2D eigenvalue weighted by molar-refractivity contribution is 0.0950. The zero-order valence-corrected chi connectivity index (χ0v) is 9.43. The topological polar surface area (TPSA) is 80.9 Å². The van der Waals surface area contributed by atoms with Crippen molar-refractivity contribution in [1.29, 1.82) is 0 Å². The minimum Gasteiger partial charge on any atom is -0.399 e. The number of carbonyl (C=O) groups is 1. The van der Waals surface area contributed by atoms with Crippen LogP contribution in [0.2, 0.25) is 0 Å². The zero-order chi connectivity index (χ0) is 13.0. The lowest BCUT2D eigenvalue weighted by atomic mass is 10.2. The van der Waals surface area contributed by atoms with Crippen LogP contribution in [0.4, 0.5) is 10.1 Å². The normalized spacial score (nSPS) is 10.1. The Hall–Kier alpha value is -2.50. The maximum atomic E-state index is 13.1. The summed E-state index contributed by atoms with van der Waals surface area (Å²) in [6.45, 7) is 0.248. The van der Waals surface area contributed by atoms with Gasteiger partial charge in [0.1, 0.15) is 12.1 Å². The van der Waals surface area contributed by atoms with Gasteiger partial charge in [-0.3, -0.25) is 4.79 Å². The lowest BCUT2D eigenvalue weighted by Gasteiger charge is -2.05. The molecule has 6 heteroatoms. The van der Waals surface area contributed by atoms with Gasteiger partial charge in [-0.25, -0.2) is 14.4 Å². The molecule has 2 rings (SSSR count). The maximum Gasteiger partial charge on any atom is 0.251 e. The molecule has 1 aromatic carbocycles. The van der Waals surface area contributed by atoms with Crippen LogP contribution in [0.3, 0.4) is 0 Å². The Morgan fingerprint density at radius 3 is 2.89 bits per heavy atom. The Morgan fingerprint density at radius 1 is 1.39 bits per heavy atom. The number of nitrogen functional groups attached to an aromatic ring is 1. The monoisotopic (exact) mass is 246 g/mol. The summed E-state index contributed by atoms with van der Waals surface area (Å²) >= 11 is 0. The third kappa shape index (κ3) is 3.00. The van der Waals surface area contributed by atoms with Crippen LogP contribution in [0, 0.1) is 5.82 Å². The van der Waals surface area contributed by atoms with Gasteiger partial charge in [0.05, 0.1) is 12.2 Å². The van der Waals surface area contributed by atoms with Crippen LogP contribution < -0.4 is 11.1 Å². The first-order valence-corrected chi connectivity index (χ1v) is 5.24. The molecule has 0 spiro atoms. The highest BCUT2D eigenvalue weighted by atomic mass is 19.1. The van der Waals surface area contributed by atoms with Crippen LogP contribution in [0.5, 0.6) is 0 Å². The average molecular weight is 246 g/mol. The van der Waals surface area contributed by atoms with Gasteiger partial charge in [0.2, 0.25) is 0 Å². The Morgan fingerprint density at radius 2 is 2.22 bits per heavy atom. The molecule has 0 bridgehead atoms. The Kier molecular flexibility index (Phi) is 3.47. The first-order valence-electron chi connectivity index (χ1n) is 5.24. The first kappa shape index (κ1) is 12.0. The molecule has 0 saturated heterocycles. The Bertz CT molecular complexity index is 539. The summed E-state index contributed by atoms with van der Waals surface area (Å²) in [4.78, 5) is 19.5. The van der Waals surface area contributed by atoms with Crippen molar-refractivity contribution >= 4 is 11.6 Å². The number of aromatic nitrogens is 2. The van der Waals surface area contributed by atoms with Gasteiger partial charge < -0.3 is 11.1 Å². The molecule has 0 atom stereocenters. The lowest BCUT2D eigenvalue weighted by Crippen LogP contribution is -2.23. The van der Waals surface area contributed by atoms with E-state index < -0.39 is 11.7 Å². The largest absolute Gasteiger partial charge is 0.399 e. The summed E-state index contributed by atoms with van der Waals surface area (Å²) < 4.78 is 13.1. The average Bonchev–Trinajstić information content (AvgIpc) is 2.36. The van der Waals surface area contributed by atoms with E-state index in [1.807, 2.05) is 0 Å². The fraction of sp³-hybridized carbons (Fsp3) is 0.0833. The summed E-state index contributed by atoms with van der Waals surface area (Å²) in [7, 11) is 0. The van der Waals surface area contributed by atoms with Gasteiger partial charge in [0.15, 0.2) is 0 Å². The van der Waals surface area contributed by atoms with Gasteiger partial charge >= 0.3 is 0 Å². The highest BCUT2D eigenvalue weighted by Gasteiger charge is 2.08. The second-order valence-electron chi connectivity index (χ2n) is 3.66. The molecular formula is C12H11FN4O. The number of nitrogens with one attached hydrogen (secondary N) is 1. The molecule has 0 radical (unpaired) electrons. The molecule has 0 aliphatic heterocycles. The summed E-state index contributed by atoms with van der Waals surface area (Å²) in [5.74, 6) is -0.943. The van der Waals surface area contributed by atoms with Crippen LogP contribution in [0.1, 0.15) is 16.1 Å². The van der Waals surface area contributed by atoms with Crippen molar-refractivity contribution in [3.8, 4) is 0 Å². The van der Waals surface area contributed by atoms with Crippen molar-refractivity contribution in [2.45, 2.75) is 6.54 Å². The fourth-order valence-corrected chi connectivity index (χ4v) is 1.44. The summed E-state index contributed by atoms with van der Waals surface area (Å²) in [5, 5.41) is 2.62. The molecule has 1 aromatic heterocycles. The van der Waals surface area contributed by atoms with Gasteiger partial charge in [-0.15, -0.1) is 0 Å². The number of hydrogen-bond acceptors (Lipinski definition) is 4. The third-order valence-electron chi connectivity index (χ3n) is 2.26. The van der Waals surface area contributed by atoms with Crippen molar-refractivity contribution in [2.75, 3.05) is 5.73 Å². The van der Waals surface area contributed by atoms with Gasteiger partial charge in [0.25, 0.3) is 5.91 Å². The van der Waals surface area contributed by atoms with Gasteiger partial charge in [-0.2, -0.15) is 0 Å². The van der Waals surface area contributed by atoms with Crippen molar-refractivity contribution in [2.24, 2.45) is 0 Å². The minimum atomic E-state index is -0.540. The fourth-order valence-electron chi connectivity index (χ4n) is 1.44. The highest BCUT2D eigenvalue weighted by molar-refractivity contribution is 5.94.